The molecule has 0 saturated carbocycles. The number of aromatic nitrogens is 2. The summed E-state index contributed by atoms with van der Waals surface area (Å²) in [5.41, 5.74) is 4.24. The number of hydrogen-bond donors (Lipinski definition) is 0. The Bertz CT molecular complexity index is 988. The predicted molar refractivity (Wildman–Crippen MR) is 176 cm³/mol. The van der Waals surface area contributed by atoms with E-state index < -0.39 is 0 Å². The van der Waals surface area contributed by atoms with Crippen LogP contribution in [0.5, 0.6) is 0 Å². The minimum Gasteiger partial charge on any atom is -0.303 e. The fourth-order valence-electron chi connectivity index (χ4n) is 5.07. The van der Waals surface area contributed by atoms with Crippen LogP contribution in [0.4, 0.5) is 0 Å². The zero-order valence-electron chi connectivity index (χ0n) is 22.1. The third kappa shape index (κ3) is 9.63. The Morgan fingerprint density at radius 1 is 0.553 bits per heavy atom. The van der Waals surface area contributed by atoms with Crippen LogP contribution in [0.3, 0.4) is 0 Å². The quantitative estimate of drug-likeness (QED) is 0.201. The van der Waals surface area contributed by atoms with Crippen molar-refractivity contribution in [1.82, 2.24) is 19.8 Å². The first-order valence-corrected chi connectivity index (χ1v) is 15.5. The van der Waals surface area contributed by atoms with Gasteiger partial charge in [0.1, 0.15) is 6.33 Å². The zero-order chi connectivity index (χ0) is 24.4. The lowest BCUT2D eigenvalue weighted by molar-refractivity contribution is 0.242. The third-order valence-corrected chi connectivity index (χ3v) is 9.20. The Labute approximate surface area is 258 Å². The number of halogens is 2. The lowest BCUT2D eigenvalue weighted by atomic mass is 10.1. The van der Waals surface area contributed by atoms with Gasteiger partial charge in [0, 0.05) is 45.5 Å². The molecule has 0 N–H and O–H groups in total. The maximum absolute atomic E-state index is 4.56. The topological polar surface area (TPSA) is 32.3 Å². The van der Waals surface area contributed by atoms with Crippen molar-refractivity contribution >= 4 is 57.5 Å². The number of benzene rings is 2. The molecule has 0 radical (unpaired) electrons. The van der Waals surface area contributed by atoms with Gasteiger partial charge in [-0.05, 0) is 82.2 Å². The lowest BCUT2D eigenvalue weighted by Gasteiger charge is -2.26. The van der Waals surface area contributed by atoms with Gasteiger partial charge in [-0.25, -0.2) is 9.97 Å². The maximum Gasteiger partial charge on any atom is 0.116 e. The molecule has 3 heterocycles. The Kier molecular flexibility index (Phi) is 14.2. The zero-order valence-corrected chi connectivity index (χ0v) is 27.2. The molecule has 0 aliphatic carbocycles. The second-order valence-electron chi connectivity index (χ2n) is 9.84. The number of piperidine rings is 2. The average molecular weight is 681 g/mol. The molecule has 2 fully saturated rings. The normalized spacial score (nSPS) is 16.4. The molecule has 5 rings (SSSR count). The highest BCUT2D eigenvalue weighted by atomic mass is 79.9. The summed E-state index contributed by atoms with van der Waals surface area (Å²) in [7, 11) is 0. The molecule has 2 aliphatic rings. The minimum absolute atomic E-state index is 0. The molecular weight excluding hydrogens is 640 g/mol. The summed E-state index contributed by atoms with van der Waals surface area (Å²) >= 11 is 3.91. The van der Waals surface area contributed by atoms with E-state index in [0.717, 1.165) is 34.0 Å². The van der Waals surface area contributed by atoms with Crippen molar-refractivity contribution in [2.24, 2.45) is 0 Å². The van der Waals surface area contributed by atoms with Gasteiger partial charge in [0.15, 0.2) is 0 Å². The van der Waals surface area contributed by atoms with Crippen molar-refractivity contribution < 1.29 is 0 Å². The third-order valence-electron chi connectivity index (χ3n) is 7.22. The van der Waals surface area contributed by atoms with E-state index in [4.69, 9.17) is 0 Å². The second kappa shape index (κ2) is 17.0. The number of rotatable bonds is 10. The summed E-state index contributed by atoms with van der Waals surface area (Å²) in [6.45, 7) is 7.48. The van der Waals surface area contributed by atoms with Crippen LogP contribution in [0, 0.1) is 0 Å². The van der Waals surface area contributed by atoms with E-state index in [1.165, 1.54) is 87.6 Å². The van der Waals surface area contributed by atoms with Gasteiger partial charge in [-0.15, -0.1) is 57.5 Å². The van der Waals surface area contributed by atoms with Crippen LogP contribution in [0.15, 0.2) is 70.7 Å². The van der Waals surface area contributed by atoms with Crippen LogP contribution in [0.25, 0.3) is 22.5 Å². The van der Waals surface area contributed by atoms with Gasteiger partial charge in [0.25, 0.3) is 0 Å². The van der Waals surface area contributed by atoms with Gasteiger partial charge >= 0.3 is 0 Å². The van der Waals surface area contributed by atoms with Crippen LogP contribution >= 0.6 is 57.5 Å². The highest BCUT2D eigenvalue weighted by Crippen LogP contribution is 2.27. The van der Waals surface area contributed by atoms with Gasteiger partial charge in [-0.2, -0.15) is 0 Å². The standard InChI is InChI=1S/C30H38N4S2.2BrH/c1-3-15-33(16-4-1)19-21-35-27-11-7-25(8-12-27)29-23-30(32-24-31-29)26-9-13-28(14-10-26)36-22-20-34-17-5-2-6-18-34;;/h7-14,23-24H,1-6,15-22H2;2*1H. The fourth-order valence-corrected chi connectivity index (χ4v) is 6.90. The van der Waals surface area contributed by atoms with E-state index in [9.17, 15) is 0 Å². The Balaban J connectivity index is 0.00000200. The van der Waals surface area contributed by atoms with Crippen molar-refractivity contribution in [3.63, 3.8) is 0 Å². The molecule has 206 valence electrons. The van der Waals surface area contributed by atoms with Gasteiger partial charge in [-0.3, -0.25) is 0 Å². The average Bonchev–Trinajstić information content (AvgIpc) is 2.95. The van der Waals surface area contributed by atoms with E-state index in [2.05, 4.69) is 74.4 Å². The van der Waals surface area contributed by atoms with Crippen molar-refractivity contribution in [3.8, 4) is 22.5 Å². The first kappa shape index (κ1) is 31.6. The van der Waals surface area contributed by atoms with Crippen molar-refractivity contribution in [1.29, 1.82) is 0 Å². The Hall–Kier alpha value is -0.900. The summed E-state index contributed by atoms with van der Waals surface area (Å²) in [6.07, 6.45) is 9.95. The Morgan fingerprint density at radius 3 is 1.34 bits per heavy atom. The number of nitrogens with zero attached hydrogens (tertiary/aromatic N) is 4. The lowest BCUT2D eigenvalue weighted by Crippen LogP contribution is -2.31. The van der Waals surface area contributed by atoms with E-state index in [1.54, 1.807) is 6.33 Å². The smallest absolute Gasteiger partial charge is 0.116 e. The highest BCUT2D eigenvalue weighted by molar-refractivity contribution is 8.93. The van der Waals surface area contributed by atoms with Gasteiger partial charge < -0.3 is 9.80 Å². The molecule has 0 unspecified atom stereocenters. The van der Waals surface area contributed by atoms with Crippen LogP contribution in [0.1, 0.15) is 38.5 Å². The molecule has 0 amide bonds. The highest BCUT2D eigenvalue weighted by Gasteiger charge is 2.11. The molecule has 2 aromatic carbocycles. The number of likely N-dealkylation sites (tertiary alicyclic amines) is 2. The van der Waals surface area contributed by atoms with Crippen LogP contribution < -0.4 is 0 Å². The molecule has 0 spiro atoms. The summed E-state index contributed by atoms with van der Waals surface area (Å²) in [5, 5.41) is 0. The summed E-state index contributed by atoms with van der Waals surface area (Å²) < 4.78 is 0. The van der Waals surface area contributed by atoms with Gasteiger partial charge in [0.2, 0.25) is 0 Å². The van der Waals surface area contributed by atoms with Gasteiger partial charge in [0.05, 0.1) is 11.4 Å². The molecule has 38 heavy (non-hydrogen) atoms. The minimum atomic E-state index is 0. The van der Waals surface area contributed by atoms with Crippen LogP contribution in [-0.2, 0) is 0 Å². The van der Waals surface area contributed by atoms with Crippen molar-refractivity contribution in [2.75, 3.05) is 50.8 Å². The summed E-state index contributed by atoms with van der Waals surface area (Å²) in [4.78, 5) is 17.0. The second-order valence-corrected chi connectivity index (χ2v) is 12.2. The molecule has 3 aromatic rings. The molecular formula is C30H40Br2N4S2. The monoisotopic (exact) mass is 678 g/mol. The SMILES string of the molecule is Br.Br.c1nc(-c2ccc(SCCN3CCCCC3)cc2)cc(-c2ccc(SCCN3CCCCC3)cc2)n1. The van der Waals surface area contributed by atoms with E-state index in [-0.39, 0.29) is 34.0 Å². The summed E-state index contributed by atoms with van der Waals surface area (Å²) in [5.74, 6) is 2.31. The molecule has 1 aromatic heterocycles. The molecule has 0 bridgehead atoms. The van der Waals surface area contributed by atoms with Crippen LogP contribution in [-0.4, -0.2) is 70.5 Å². The molecule has 2 aliphatic heterocycles. The fraction of sp³-hybridized carbons (Fsp3) is 0.467. The molecule has 4 nitrogen and oxygen atoms in total. The number of thioether (sulfide) groups is 2. The first-order chi connectivity index (χ1) is 17.8. The van der Waals surface area contributed by atoms with Crippen molar-refractivity contribution in [2.45, 2.75) is 48.3 Å². The molecule has 0 atom stereocenters. The largest absolute Gasteiger partial charge is 0.303 e. The predicted octanol–water partition coefficient (Wildman–Crippen LogP) is 8.12. The summed E-state index contributed by atoms with van der Waals surface area (Å²) in [6, 6.07) is 19.8. The van der Waals surface area contributed by atoms with Crippen LogP contribution in [0.2, 0.25) is 0 Å². The number of hydrogen-bond acceptors (Lipinski definition) is 6. The first-order valence-electron chi connectivity index (χ1n) is 13.6. The Morgan fingerprint density at radius 2 is 0.947 bits per heavy atom. The van der Waals surface area contributed by atoms with E-state index in [0.29, 0.717) is 0 Å². The van der Waals surface area contributed by atoms with E-state index in [1.807, 2.05) is 23.5 Å². The molecule has 2 saturated heterocycles. The van der Waals surface area contributed by atoms with E-state index >= 15 is 0 Å². The van der Waals surface area contributed by atoms with Gasteiger partial charge in [-0.1, -0.05) is 37.1 Å². The molecule has 8 heteroatoms. The maximum atomic E-state index is 4.56. The van der Waals surface area contributed by atoms with Crippen molar-refractivity contribution in [3.05, 3.63) is 60.9 Å².